The first-order valence-electron chi connectivity index (χ1n) is 6.47. The molecule has 1 aliphatic rings. The molecule has 6 heteroatoms. The van der Waals surface area contributed by atoms with E-state index >= 15 is 0 Å². The van der Waals surface area contributed by atoms with Gasteiger partial charge in [-0.2, -0.15) is 0 Å². The Bertz CT molecular complexity index is 535. The van der Waals surface area contributed by atoms with E-state index in [2.05, 4.69) is 22.6 Å². The van der Waals surface area contributed by atoms with Crippen molar-refractivity contribution >= 4 is 46.1 Å². The van der Waals surface area contributed by atoms with Crippen LogP contribution in [0.25, 0.3) is 0 Å². The first kappa shape index (κ1) is 15.6. The second-order valence-electron chi connectivity index (χ2n) is 4.54. The third-order valence-electron chi connectivity index (χ3n) is 3.24. The number of amides is 1. The maximum Gasteiger partial charge on any atom is 0.328 e. The Balaban J connectivity index is 2.18. The van der Waals surface area contributed by atoms with Crippen molar-refractivity contribution in [2.75, 3.05) is 13.2 Å². The van der Waals surface area contributed by atoms with Gasteiger partial charge in [-0.15, -0.1) is 0 Å². The van der Waals surface area contributed by atoms with Crippen LogP contribution in [0.2, 0.25) is 5.02 Å². The molecule has 0 aromatic heterocycles. The smallest absolute Gasteiger partial charge is 0.328 e. The summed E-state index contributed by atoms with van der Waals surface area (Å²) in [6, 6.07) is 4.70. The number of hydrogen-bond acceptors (Lipinski definition) is 3. The number of benzene rings is 1. The van der Waals surface area contributed by atoms with Crippen molar-refractivity contribution in [3.8, 4) is 0 Å². The second-order valence-corrected chi connectivity index (χ2v) is 6.11. The Morgan fingerprint density at radius 2 is 2.25 bits per heavy atom. The predicted molar refractivity (Wildman–Crippen MR) is 84.9 cm³/mol. The molecule has 0 bridgehead atoms. The molecular formula is C14H15ClINO3. The van der Waals surface area contributed by atoms with Crippen molar-refractivity contribution in [3.63, 3.8) is 0 Å². The number of likely N-dealkylation sites (tertiary alicyclic amines) is 1. The highest BCUT2D eigenvalue weighted by Gasteiger charge is 2.35. The van der Waals surface area contributed by atoms with Crippen molar-refractivity contribution in [1.82, 2.24) is 4.90 Å². The predicted octanol–water partition coefficient (Wildman–Crippen LogP) is 3.11. The van der Waals surface area contributed by atoms with Crippen LogP contribution >= 0.6 is 34.2 Å². The van der Waals surface area contributed by atoms with Crippen LogP contribution in [0.5, 0.6) is 0 Å². The van der Waals surface area contributed by atoms with Crippen LogP contribution < -0.4 is 0 Å². The fraction of sp³-hybridized carbons (Fsp3) is 0.429. The van der Waals surface area contributed by atoms with E-state index in [9.17, 15) is 9.59 Å². The second kappa shape index (κ2) is 6.76. The fourth-order valence-corrected chi connectivity index (χ4v) is 2.80. The first-order valence-corrected chi connectivity index (χ1v) is 7.93. The van der Waals surface area contributed by atoms with E-state index in [1.807, 2.05) is 0 Å². The van der Waals surface area contributed by atoms with Crippen LogP contribution in [-0.4, -0.2) is 36.0 Å². The lowest BCUT2D eigenvalue weighted by Gasteiger charge is -2.23. The maximum absolute atomic E-state index is 12.5. The van der Waals surface area contributed by atoms with Gasteiger partial charge in [-0.1, -0.05) is 11.6 Å². The number of rotatable bonds is 3. The summed E-state index contributed by atoms with van der Waals surface area (Å²) in [6.07, 6.45) is 1.47. The summed E-state index contributed by atoms with van der Waals surface area (Å²) in [4.78, 5) is 25.9. The molecule has 1 aromatic carbocycles. The number of carbonyl (C=O) groups is 2. The molecule has 1 fully saturated rings. The molecule has 0 N–H and O–H groups in total. The van der Waals surface area contributed by atoms with E-state index in [0.29, 0.717) is 30.2 Å². The molecule has 1 saturated heterocycles. The first-order chi connectivity index (χ1) is 9.54. The van der Waals surface area contributed by atoms with Crippen molar-refractivity contribution < 1.29 is 14.3 Å². The zero-order valence-corrected chi connectivity index (χ0v) is 14.0. The van der Waals surface area contributed by atoms with Gasteiger partial charge in [-0.25, -0.2) is 4.79 Å². The van der Waals surface area contributed by atoms with Gasteiger partial charge in [0.15, 0.2) is 0 Å². The van der Waals surface area contributed by atoms with Gasteiger partial charge in [-0.3, -0.25) is 4.79 Å². The number of halogens is 2. The quantitative estimate of drug-likeness (QED) is 0.571. The minimum atomic E-state index is -0.472. The van der Waals surface area contributed by atoms with Crippen molar-refractivity contribution in [1.29, 1.82) is 0 Å². The Kier molecular flexibility index (Phi) is 5.26. The highest BCUT2D eigenvalue weighted by molar-refractivity contribution is 14.1. The monoisotopic (exact) mass is 407 g/mol. The molecular weight excluding hydrogens is 393 g/mol. The Labute approximate surface area is 136 Å². The van der Waals surface area contributed by atoms with Crippen LogP contribution in [0.15, 0.2) is 18.2 Å². The average molecular weight is 408 g/mol. The van der Waals surface area contributed by atoms with Crippen LogP contribution in [0.1, 0.15) is 30.1 Å². The third-order valence-corrected chi connectivity index (χ3v) is 4.81. The van der Waals surface area contributed by atoms with Gasteiger partial charge in [0.25, 0.3) is 5.91 Å². The summed E-state index contributed by atoms with van der Waals surface area (Å²) >= 11 is 8.15. The number of hydrogen-bond donors (Lipinski definition) is 0. The number of nitrogens with zero attached hydrogens (tertiary/aromatic N) is 1. The summed E-state index contributed by atoms with van der Waals surface area (Å²) in [5, 5.41) is 0.545. The number of esters is 1. The standard InChI is InChI=1S/C14H15ClINO3/c1-2-20-14(19)12-4-3-7-17(12)13(18)9-5-6-11(16)10(15)8-9/h5-6,8,12H,2-4,7H2,1H3. The van der Waals surface area contributed by atoms with E-state index < -0.39 is 6.04 Å². The van der Waals surface area contributed by atoms with Crippen LogP contribution in [0.3, 0.4) is 0 Å². The molecule has 2 rings (SSSR count). The Morgan fingerprint density at radius 1 is 1.50 bits per heavy atom. The van der Waals surface area contributed by atoms with Gasteiger partial charge >= 0.3 is 5.97 Å². The van der Waals surface area contributed by atoms with Gasteiger partial charge in [0.05, 0.1) is 11.6 Å². The van der Waals surface area contributed by atoms with Crippen LogP contribution in [-0.2, 0) is 9.53 Å². The number of ether oxygens (including phenoxy) is 1. The molecule has 0 spiro atoms. The highest BCUT2D eigenvalue weighted by atomic mass is 127. The maximum atomic E-state index is 12.5. The molecule has 1 atom stereocenters. The third kappa shape index (κ3) is 3.25. The average Bonchev–Trinajstić information content (AvgIpc) is 2.90. The van der Waals surface area contributed by atoms with Gasteiger partial charge in [0.2, 0.25) is 0 Å². The topological polar surface area (TPSA) is 46.6 Å². The Hall–Kier alpha value is -0.820. The zero-order chi connectivity index (χ0) is 14.7. The molecule has 0 radical (unpaired) electrons. The molecule has 1 aliphatic heterocycles. The van der Waals surface area contributed by atoms with Crippen molar-refractivity contribution in [3.05, 3.63) is 32.4 Å². The molecule has 4 nitrogen and oxygen atoms in total. The molecule has 1 amide bonds. The summed E-state index contributed by atoms with van der Waals surface area (Å²) in [5.74, 6) is -0.492. The normalized spacial score (nSPS) is 18.1. The van der Waals surface area contributed by atoms with Crippen LogP contribution in [0.4, 0.5) is 0 Å². The summed E-state index contributed by atoms with van der Waals surface area (Å²) in [6.45, 7) is 2.66. The van der Waals surface area contributed by atoms with Gasteiger partial charge in [0.1, 0.15) is 6.04 Å². The number of carbonyl (C=O) groups excluding carboxylic acids is 2. The van der Waals surface area contributed by atoms with E-state index in [-0.39, 0.29) is 11.9 Å². The van der Waals surface area contributed by atoms with E-state index in [4.69, 9.17) is 16.3 Å². The molecule has 0 aliphatic carbocycles. The fourth-order valence-electron chi connectivity index (χ4n) is 2.29. The van der Waals surface area contributed by atoms with Gasteiger partial charge in [-0.05, 0) is 60.6 Å². The Morgan fingerprint density at radius 3 is 2.90 bits per heavy atom. The summed E-state index contributed by atoms with van der Waals surface area (Å²) in [7, 11) is 0. The van der Waals surface area contributed by atoms with Gasteiger partial charge in [0, 0.05) is 15.7 Å². The molecule has 0 saturated carbocycles. The largest absolute Gasteiger partial charge is 0.464 e. The minimum Gasteiger partial charge on any atom is -0.464 e. The molecule has 1 unspecified atom stereocenters. The van der Waals surface area contributed by atoms with Crippen LogP contribution in [0, 0.1) is 3.57 Å². The lowest BCUT2D eigenvalue weighted by molar-refractivity contribution is -0.147. The zero-order valence-electron chi connectivity index (χ0n) is 11.1. The molecule has 108 valence electrons. The SMILES string of the molecule is CCOC(=O)C1CCCN1C(=O)c1ccc(I)c(Cl)c1. The van der Waals surface area contributed by atoms with E-state index in [1.165, 1.54) is 0 Å². The molecule has 1 aromatic rings. The summed E-state index contributed by atoms with van der Waals surface area (Å²) < 4.78 is 5.92. The van der Waals surface area contributed by atoms with Gasteiger partial charge < -0.3 is 9.64 Å². The lowest BCUT2D eigenvalue weighted by Crippen LogP contribution is -2.41. The van der Waals surface area contributed by atoms with E-state index in [1.54, 1.807) is 30.0 Å². The van der Waals surface area contributed by atoms with Crippen molar-refractivity contribution in [2.45, 2.75) is 25.8 Å². The highest BCUT2D eigenvalue weighted by Crippen LogP contribution is 2.24. The molecule has 1 heterocycles. The lowest BCUT2D eigenvalue weighted by atomic mass is 10.1. The minimum absolute atomic E-state index is 0.168. The summed E-state index contributed by atoms with van der Waals surface area (Å²) in [5.41, 5.74) is 0.506. The molecule has 20 heavy (non-hydrogen) atoms. The van der Waals surface area contributed by atoms with E-state index in [0.717, 1.165) is 9.99 Å². The van der Waals surface area contributed by atoms with Crippen molar-refractivity contribution in [2.24, 2.45) is 0 Å².